The predicted molar refractivity (Wildman–Crippen MR) is 284 cm³/mol. The SMILES string of the molecule is CC/C=C/C/C=C/C/C=C/CCCCCCC(=O)NC(COP(=O)([O-])OCC[N+](C)(C)C)C(/C=C/CCCCCCCCCCCCC)OC(=O)CCCCCCCCC/C=C/C/C=C/CC. The van der Waals surface area contributed by atoms with Gasteiger partial charge in [-0.1, -0.05) is 197 Å². The van der Waals surface area contributed by atoms with Gasteiger partial charge in [-0.15, -0.1) is 0 Å². The van der Waals surface area contributed by atoms with Crippen molar-refractivity contribution in [3.05, 3.63) is 72.9 Å². The molecule has 0 fully saturated rings. The number of carbonyl (C=O) groups excluding carboxylic acids is 2. The fourth-order valence-corrected chi connectivity index (χ4v) is 8.18. The molecule has 0 aliphatic carbocycles. The molecule has 0 aliphatic heterocycles. The summed E-state index contributed by atoms with van der Waals surface area (Å²) >= 11 is 0. The Bertz CT molecular complexity index is 1380. The van der Waals surface area contributed by atoms with Crippen molar-refractivity contribution >= 4 is 19.7 Å². The van der Waals surface area contributed by atoms with E-state index in [4.69, 9.17) is 13.8 Å². The van der Waals surface area contributed by atoms with Gasteiger partial charge in [0, 0.05) is 12.8 Å². The number of phosphoric acid groups is 1. The number of esters is 1. The van der Waals surface area contributed by atoms with Crippen molar-refractivity contribution in [1.29, 1.82) is 0 Å². The number of rotatable bonds is 48. The monoisotopic (exact) mass is 959 g/mol. The molecule has 0 heterocycles. The molecule has 9 nitrogen and oxygen atoms in total. The summed E-state index contributed by atoms with van der Waals surface area (Å²) in [5, 5.41) is 3.00. The molecule has 0 radical (unpaired) electrons. The maximum atomic E-state index is 13.4. The standard InChI is InChI=1S/C57H103N2O7P/c1-7-10-13-16-19-22-25-28-31-34-37-40-43-46-49-56(60)58-54(53-65-67(62,63)64-52-51-59(4,5)6)55(48-45-42-39-36-33-30-27-24-21-18-15-12-9-3)66-57(61)50-47-44-41-38-35-32-29-26-23-20-17-14-11-8-2/h10-11,13-14,19-20,22-23,28,31,45,48,54-55H,7-9,12,15-18,21,24-27,29-30,32-44,46-47,49-53H2,1-6H3,(H-,58,60,62,63)/b13-10+,14-11+,22-19+,23-20+,31-28+,48-45+. The van der Waals surface area contributed by atoms with Crippen molar-refractivity contribution in [3.8, 4) is 0 Å². The van der Waals surface area contributed by atoms with E-state index in [1.54, 1.807) is 0 Å². The maximum absolute atomic E-state index is 13.4. The molecule has 1 N–H and O–H groups in total. The third-order valence-corrected chi connectivity index (χ3v) is 12.6. The number of nitrogens with zero attached hydrogens (tertiary/aromatic N) is 1. The molecule has 0 aromatic heterocycles. The zero-order valence-corrected chi connectivity index (χ0v) is 45.0. The average molecular weight is 959 g/mol. The third-order valence-electron chi connectivity index (χ3n) is 11.6. The summed E-state index contributed by atoms with van der Waals surface area (Å²) < 4.78 is 30.2. The fraction of sp³-hybridized carbons (Fsp3) is 0.754. The number of ether oxygens (including phenoxy) is 1. The number of phosphoric ester groups is 1. The molecule has 3 atom stereocenters. The van der Waals surface area contributed by atoms with Gasteiger partial charge in [0.05, 0.1) is 33.8 Å². The second-order valence-corrected chi connectivity index (χ2v) is 20.7. The van der Waals surface area contributed by atoms with E-state index in [0.717, 1.165) is 109 Å². The molecule has 0 spiro atoms. The Hall–Kier alpha value is -2.55. The highest BCUT2D eigenvalue weighted by atomic mass is 31.2. The number of likely N-dealkylation sites (N-methyl/N-ethyl adjacent to an activating group) is 1. The highest BCUT2D eigenvalue weighted by molar-refractivity contribution is 7.45. The number of hydrogen-bond acceptors (Lipinski definition) is 7. The zero-order valence-electron chi connectivity index (χ0n) is 44.1. The number of unbranched alkanes of at least 4 members (excludes halogenated alkanes) is 22. The molecule has 10 heteroatoms. The van der Waals surface area contributed by atoms with Crippen LogP contribution in [0.1, 0.15) is 226 Å². The second-order valence-electron chi connectivity index (χ2n) is 19.3. The van der Waals surface area contributed by atoms with Gasteiger partial charge < -0.3 is 28.5 Å². The number of hydrogen-bond donors (Lipinski definition) is 1. The first-order valence-corrected chi connectivity index (χ1v) is 28.7. The topological polar surface area (TPSA) is 114 Å². The van der Waals surface area contributed by atoms with Gasteiger partial charge in [0.2, 0.25) is 5.91 Å². The van der Waals surface area contributed by atoms with E-state index in [9.17, 15) is 19.0 Å². The summed E-state index contributed by atoms with van der Waals surface area (Å²) in [6, 6.07) is -0.904. The fourth-order valence-electron chi connectivity index (χ4n) is 7.45. The van der Waals surface area contributed by atoms with Gasteiger partial charge in [0.1, 0.15) is 19.3 Å². The molecule has 0 saturated heterocycles. The lowest BCUT2D eigenvalue weighted by Crippen LogP contribution is -2.47. The minimum atomic E-state index is -4.70. The molecule has 1 amide bonds. The smallest absolute Gasteiger partial charge is 0.306 e. The van der Waals surface area contributed by atoms with Crippen LogP contribution in [0.4, 0.5) is 0 Å². The highest BCUT2D eigenvalue weighted by Gasteiger charge is 2.27. The minimum Gasteiger partial charge on any atom is -0.756 e. The molecule has 0 bridgehead atoms. The van der Waals surface area contributed by atoms with Crippen LogP contribution >= 0.6 is 7.82 Å². The Morgan fingerprint density at radius 3 is 1.43 bits per heavy atom. The van der Waals surface area contributed by atoms with E-state index >= 15 is 0 Å². The van der Waals surface area contributed by atoms with Gasteiger partial charge in [0.15, 0.2) is 0 Å². The summed E-state index contributed by atoms with van der Waals surface area (Å²) in [5.41, 5.74) is 0. The normalized spacial score (nSPS) is 14.4. The third kappa shape index (κ3) is 48.3. The Morgan fingerprint density at radius 1 is 0.537 bits per heavy atom. The summed E-state index contributed by atoms with van der Waals surface area (Å²) in [7, 11) is 1.16. The number of carbonyl (C=O) groups is 2. The predicted octanol–water partition coefficient (Wildman–Crippen LogP) is 15.5. The van der Waals surface area contributed by atoms with E-state index in [0.29, 0.717) is 17.4 Å². The van der Waals surface area contributed by atoms with Crippen LogP contribution in [0, 0.1) is 0 Å². The lowest BCUT2D eigenvalue weighted by atomic mass is 10.0. The summed E-state index contributed by atoms with van der Waals surface area (Å²) in [6.07, 6.45) is 58.6. The van der Waals surface area contributed by atoms with E-state index in [-0.39, 0.29) is 31.3 Å². The molecule has 3 unspecified atom stereocenters. The van der Waals surface area contributed by atoms with Crippen molar-refractivity contribution in [2.75, 3.05) is 40.9 Å². The van der Waals surface area contributed by atoms with E-state index in [1.165, 1.54) is 77.0 Å². The molecule has 0 rings (SSSR count). The molecular weight excluding hydrogens is 856 g/mol. The summed E-state index contributed by atoms with van der Waals surface area (Å²) in [6.45, 7) is 6.58. The van der Waals surface area contributed by atoms with Crippen LogP contribution in [0.5, 0.6) is 0 Å². The van der Waals surface area contributed by atoms with Gasteiger partial charge in [-0.25, -0.2) is 0 Å². The molecular formula is C57H103N2O7P. The molecule has 0 aliphatic rings. The molecule has 0 aromatic carbocycles. The van der Waals surface area contributed by atoms with Gasteiger partial charge >= 0.3 is 5.97 Å². The number of nitrogens with one attached hydrogen (secondary N) is 1. The summed E-state index contributed by atoms with van der Waals surface area (Å²) in [5.74, 6) is -0.580. The maximum Gasteiger partial charge on any atom is 0.306 e. The van der Waals surface area contributed by atoms with Crippen LogP contribution in [0.3, 0.4) is 0 Å². The Morgan fingerprint density at radius 2 is 0.955 bits per heavy atom. The zero-order chi connectivity index (χ0) is 49.4. The van der Waals surface area contributed by atoms with Crippen LogP contribution in [0.15, 0.2) is 72.9 Å². The first-order valence-electron chi connectivity index (χ1n) is 27.2. The lowest BCUT2D eigenvalue weighted by molar-refractivity contribution is -0.870. The lowest BCUT2D eigenvalue weighted by Gasteiger charge is -2.30. The second kappa shape index (κ2) is 47.1. The van der Waals surface area contributed by atoms with Crippen LogP contribution in [-0.2, 0) is 27.9 Å². The van der Waals surface area contributed by atoms with Crippen molar-refractivity contribution < 1.29 is 37.3 Å². The van der Waals surface area contributed by atoms with Gasteiger partial charge in [0.25, 0.3) is 7.82 Å². The first-order chi connectivity index (χ1) is 32.4. The first kappa shape index (κ1) is 64.5. The van der Waals surface area contributed by atoms with E-state index in [2.05, 4.69) is 86.8 Å². The van der Waals surface area contributed by atoms with Gasteiger partial charge in [-0.2, -0.15) is 0 Å². The number of quaternary nitrogens is 1. The average Bonchev–Trinajstić information content (AvgIpc) is 3.28. The van der Waals surface area contributed by atoms with Crippen LogP contribution in [0.25, 0.3) is 0 Å². The van der Waals surface area contributed by atoms with Crippen LogP contribution in [0.2, 0.25) is 0 Å². The van der Waals surface area contributed by atoms with Crippen molar-refractivity contribution in [3.63, 3.8) is 0 Å². The van der Waals surface area contributed by atoms with Crippen LogP contribution in [-0.4, -0.2) is 69.4 Å². The van der Waals surface area contributed by atoms with Crippen LogP contribution < -0.4 is 10.2 Å². The Labute approximate surface area is 413 Å². The molecule has 388 valence electrons. The van der Waals surface area contributed by atoms with E-state index in [1.807, 2.05) is 33.3 Å². The molecule has 0 aromatic rings. The van der Waals surface area contributed by atoms with Gasteiger partial charge in [-0.3, -0.25) is 14.2 Å². The van der Waals surface area contributed by atoms with Crippen molar-refractivity contribution in [1.82, 2.24) is 5.32 Å². The van der Waals surface area contributed by atoms with Crippen molar-refractivity contribution in [2.24, 2.45) is 0 Å². The largest absolute Gasteiger partial charge is 0.756 e. The molecule has 67 heavy (non-hydrogen) atoms. The molecule has 0 saturated carbocycles. The van der Waals surface area contributed by atoms with Crippen molar-refractivity contribution in [2.45, 2.75) is 238 Å². The van der Waals surface area contributed by atoms with Gasteiger partial charge in [-0.05, 0) is 89.5 Å². The highest BCUT2D eigenvalue weighted by Crippen LogP contribution is 2.38. The Balaban J connectivity index is 5.46. The quantitative estimate of drug-likeness (QED) is 0.0212. The minimum absolute atomic E-state index is 0.0308. The number of allylic oxidation sites excluding steroid dienone is 11. The Kier molecular flexibility index (Phi) is 45.3. The van der Waals surface area contributed by atoms with E-state index < -0.39 is 26.6 Å². The number of amides is 1. The summed E-state index contributed by atoms with van der Waals surface area (Å²) in [4.78, 5) is 39.8.